The number of ether oxygens (including phenoxy) is 1. The maximum Gasteiger partial charge on any atom is 0.305 e. The van der Waals surface area contributed by atoms with E-state index in [9.17, 15) is 13.8 Å². The number of primary amides is 1. The van der Waals surface area contributed by atoms with Crippen LogP contribution in [0.1, 0.15) is 76.6 Å². The van der Waals surface area contributed by atoms with Crippen LogP contribution in [-0.2, 0) is 31.7 Å². The number of carbonyl (C=O) groups is 2. The smallest absolute Gasteiger partial charge is 0.305 e. The van der Waals surface area contributed by atoms with Gasteiger partial charge in [-0.2, -0.15) is 0 Å². The summed E-state index contributed by atoms with van der Waals surface area (Å²) < 4.78 is 19.8. The highest BCUT2D eigenvalue weighted by atomic mass is 32.2. The Balaban J connectivity index is 2.73. The molecule has 1 rings (SSSR count). The molecule has 0 aliphatic rings. The highest BCUT2D eigenvalue weighted by molar-refractivity contribution is 7.84. The zero-order valence-corrected chi connectivity index (χ0v) is 18.1. The van der Waals surface area contributed by atoms with Gasteiger partial charge in [-0.25, -0.2) is 8.93 Å². The molecule has 2 atom stereocenters. The first-order valence-corrected chi connectivity index (χ1v) is 10.8. The average molecular weight is 412 g/mol. The SMILES string of the molecule is COC(=O)CCCCCc1ccnc([C@H](CCC(N)=O)NS(=O)C(C)(C)C)c1. The summed E-state index contributed by atoms with van der Waals surface area (Å²) in [5, 5.41) is 0. The number of hydrogen-bond donors (Lipinski definition) is 2. The third-order valence-corrected chi connectivity index (χ3v) is 5.87. The van der Waals surface area contributed by atoms with Crippen molar-refractivity contribution in [1.29, 1.82) is 0 Å². The average Bonchev–Trinajstić information content (AvgIpc) is 2.63. The van der Waals surface area contributed by atoms with Crippen molar-refractivity contribution in [2.75, 3.05) is 7.11 Å². The van der Waals surface area contributed by atoms with Gasteiger partial charge in [0, 0.05) is 19.0 Å². The Kier molecular flexibility index (Phi) is 10.3. The van der Waals surface area contributed by atoms with Crippen LogP contribution in [0.5, 0.6) is 0 Å². The van der Waals surface area contributed by atoms with E-state index in [2.05, 4.69) is 14.4 Å². The minimum absolute atomic E-state index is 0.179. The third-order valence-electron chi connectivity index (χ3n) is 4.26. The van der Waals surface area contributed by atoms with Crippen LogP contribution in [0.15, 0.2) is 18.3 Å². The van der Waals surface area contributed by atoms with E-state index in [1.165, 1.54) is 7.11 Å². The number of rotatable bonds is 12. The standard InChI is InChI=1S/C20H33N3O4S/c1-20(2,3)28(26)23-16(10-11-18(21)24)17-14-15(12-13-22-17)8-6-5-7-9-19(25)27-4/h12-14,16,23H,5-11H2,1-4H3,(H2,21,24)/t16-,28?/m0/s1. The molecule has 0 radical (unpaired) electrons. The lowest BCUT2D eigenvalue weighted by Gasteiger charge is -2.24. The number of aryl methyl sites for hydroxylation is 1. The van der Waals surface area contributed by atoms with E-state index in [0.29, 0.717) is 12.8 Å². The molecular weight excluding hydrogens is 378 g/mol. The van der Waals surface area contributed by atoms with Crippen molar-refractivity contribution < 1.29 is 18.5 Å². The Bertz CT molecular complexity index is 674. The number of methoxy groups -OCH3 is 1. The van der Waals surface area contributed by atoms with Crippen molar-refractivity contribution in [2.24, 2.45) is 5.73 Å². The summed E-state index contributed by atoms with van der Waals surface area (Å²) in [4.78, 5) is 26.8. The number of hydrogen-bond acceptors (Lipinski definition) is 5. The van der Waals surface area contributed by atoms with Gasteiger partial charge in [0.05, 0.1) is 34.6 Å². The van der Waals surface area contributed by atoms with Crippen molar-refractivity contribution in [1.82, 2.24) is 9.71 Å². The molecule has 0 bridgehead atoms. The van der Waals surface area contributed by atoms with Gasteiger partial charge in [0.15, 0.2) is 0 Å². The van der Waals surface area contributed by atoms with Crippen LogP contribution < -0.4 is 10.5 Å². The molecule has 1 aromatic rings. The zero-order valence-electron chi connectivity index (χ0n) is 17.3. The lowest BCUT2D eigenvalue weighted by Crippen LogP contribution is -2.36. The summed E-state index contributed by atoms with van der Waals surface area (Å²) >= 11 is 0. The van der Waals surface area contributed by atoms with Gasteiger partial charge in [-0.05, 0) is 64.2 Å². The minimum Gasteiger partial charge on any atom is -0.469 e. The van der Waals surface area contributed by atoms with Crippen molar-refractivity contribution >= 4 is 22.9 Å². The largest absolute Gasteiger partial charge is 0.469 e. The van der Waals surface area contributed by atoms with Gasteiger partial charge in [0.25, 0.3) is 0 Å². The quantitative estimate of drug-likeness (QED) is 0.406. The van der Waals surface area contributed by atoms with Crippen molar-refractivity contribution in [3.05, 3.63) is 29.6 Å². The minimum atomic E-state index is -1.29. The Hall–Kier alpha value is -1.80. The van der Waals surface area contributed by atoms with Gasteiger partial charge >= 0.3 is 5.97 Å². The molecule has 0 aromatic carbocycles. The lowest BCUT2D eigenvalue weighted by atomic mass is 10.0. The van der Waals surface area contributed by atoms with Crippen LogP contribution in [0.25, 0.3) is 0 Å². The predicted molar refractivity (Wildman–Crippen MR) is 111 cm³/mol. The third kappa shape index (κ3) is 9.41. The number of nitrogens with one attached hydrogen (secondary N) is 1. The van der Waals surface area contributed by atoms with E-state index >= 15 is 0 Å². The van der Waals surface area contributed by atoms with Crippen LogP contribution in [0.2, 0.25) is 0 Å². The summed E-state index contributed by atoms with van der Waals surface area (Å²) in [6.45, 7) is 5.66. The topological polar surface area (TPSA) is 111 Å². The highest BCUT2D eigenvalue weighted by Crippen LogP contribution is 2.21. The Morgan fingerprint density at radius 3 is 2.57 bits per heavy atom. The molecule has 1 amide bonds. The van der Waals surface area contributed by atoms with E-state index in [-0.39, 0.29) is 18.4 Å². The van der Waals surface area contributed by atoms with Crippen LogP contribution in [-0.4, -0.2) is 32.9 Å². The molecule has 1 unspecified atom stereocenters. The number of aromatic nitrogens is 1. The lowest BCUT2D eigenvalue weighted by molar-refractivity contribution is -0.140. The number of carbonyl (C=O) groups excluding carboxylic acids is 2. The molecule has 1 aromatic heterocycles. The first kappa shape index (κ1) is 24.2. The van der Waals surface area contributed by atoms with Crippen molar-refractivity contribution in [3.8, 4) is 0 Å². The maximum absolute atomic E-state index is 12.5. The van der Waals surface area contributed by atoms with Crippen LogP contribution in [0.3, 0.4) is 0 Å². The predicted octanol–water partition coefficient (Wildman–Crippen LogP) is 2.72. The summed E-state index contributed by atoms with van der Waals surface area (Å²) in [5.41, 5.74) is 7.17. The number of nitrogens with two attached hydrogens (primary N) is 1. The second-order valence-electron chi connectivity index (χ2n) is 7.78. The second-order valence-corrected chi connectivity index (χ2v) is 9.78. The van der Waals surface area contributed by atoms with E-state index < -0.39 is 21.6 Å². The van der Waals surface area contributed by atoms with Crippen LogP contribution in [0.4, 0.5) is 0 Å². The van der Waals surface area contributed by atoms with Gasteiger partial charge in [-0.3, -0.25) is 14.6 Å². The van der Waals surface area contributed by atoms with Crippen molar-refractivity contribution in [2.45, 2.75) is 76.5 Å². The zero-order chi connectivity index (χ0) is 21.2. The molecule has 1 heterocycles. The number of unbranched alkanes of at least 4 members (excludes halogenated alkanes) is 2. The van der Waals surface area contributed by atoms with Gasteiger partial charge in [0.2, 0.25) is 5.91 Å². The van der Waals surface area contributed by atoms with E-state index in [1.54, 1.807) is 6.20 Å². The molecule has 158 valence electrons. The number of esters is 1. The van der Waals surface area contributed by atoms with Gasteiger partial charge in [0.1, 0.15) is 0 Å². The Morgan fingerprint density at radius 2 is 1.96 bits per heavy atom. The summed E-state index contributed by atoms with van der Waals surface area (Å²) in [6.07, 6.45) is 6.36. The molecule has 7 nitrogen and oxygen atoms in total. The summed E-state index contributed by atoms with van der Waals surface area (Å²) in [5.74, 6) is -0.573. The molecule has 8 heteroatoms. The van der Waals surface area contributed by atoms with E-state index in [4.69, 9.17) is 5.73 Å². The first-order chi connectivity index (χ1) is 13.1. The highest BCUT2D eigenvalue weighted by Gasteiger charge is 2.24. The Labute approximate surface area is 170 Å². The van der Waals surface area contributed by atoms with Crippen molar-refractivity contribution in [3.63, 3.8) is 0 Å². The molecule has 0 aliphatic heterocycles. The molecule has 0 fully saturated rings. The summed E-state index contributed by atoms with van der Waals surface area (Å²) in [6, 6.07) is 3.63. The van der Waals surface area contributed by atoms with Gasteiger partial charge < -0.3 is 10.5 Å². The first-order valence-electron chi connectivity index (χ1n) is 9.61. The van der Waals surface area contributed by atoms with E-state index in [0.717, 1.165) is 36.9 Å². The number of nitrogens with zero attached hydrogens (tertiary/aromatic N) is 1. The normalized spacial score (nSPS) is 13.7. The molecule has 0 spiro atoms. The molecule has 0 aliphatic carbocycles. The maximum atomic E-state index is 12.5. The molecular formula is C20H33N3O4S. The number of amides is 1. The van der Waals surface area contributed by atoms with Gasteiger partial charge in [-0.1, -0.05) is 6.42 Å². The monoisotopic (exact) mass is 411 g/mol. The molecule has 0 saturated carbocycles. The second kappa shape index (κ2) is 11.9. The fraction of sp³-hybridized carbons (Fsp3) is 0.650. The van der Waals surface area contributed by atoms with Crippen LogP contribution in [0, 0.1) is 0 Å². The number of pyridine rings is 1. The van der Waals surface area contributed by atoms with E-state index in [1.807, 2.05) is 32.9 Å². The fourth-order valence-electron chi connectivity index (χ4n) is 2.58. The summed E-state index contributed by atoms with van der Waals surface area (Å²) in [7, 11) is 0.110. The molecule has 3 N–H and O–H groups in total. The van der Waals surface area contributed by atoms with Crippen LogP contribution >= 0.6 is 0 Å². The van der Waals surface area contributed by atoms with Gasteiger partial charge in [-0.15, -0.1) is 0 Å². The fourth-order valence-corrected chi connectivity index (χ4v) is 3.43. The molecule has 28 heavy (non-hydrogen) atoms. The Morgan fingerprint density at radius 1 is 1.25 bits per heavy atom. The molecule has 0 saturated heterocycles.